The SMILES string of the molecule is CS(=O)(=O)NC(=O)c1cc(Oc2ccc(C(F)(F)F)cc2Cl)ccc1[N+](=O)[O-].O=C(Nc1nc(OC(F)F)cc(OC(F)F)n1)NS(=O)(=O)c1ccccc1C(=O)O.O=C(O)CNCP(=O)(O)O. The standard InChI is InChI=1S/C15H10ClF3N2O6S.C14H10F4N4O7S.C3H8NO5P/c1-28(25,26)20-14(22)10-7-9(3-4-12(10)21(23)24)27-13-5-2-8(6-11(13)16)15(17,18)19;15-11(16)28-8-5-9(29-12(17)18)20-13(19-8)21-14(25)22-30(26,27)7-4-2-1-3-6(7)10(23)24;5-3(6)1-4-2-10(7,8)9/h2-7H,1H3,(H,20,22);1-5,11-12H,(H,23,24)(H2,19,20,21,22,25);4H,1-2H2,(H,5,6)(H2,7,8,9). The first kappa shape index (κ1) is 57.2. The number of carbonyl (C=O) groups is 4. The molecule has 25 nitrogen and oxygen atoms in total. The Kier molecular flexibility index (Phi) is 20.3. The minimum absolute atomic E-state index is 0.189. The number of benzene rings is 3. The van der Waals surface area contributed by atoms with Gasteiger partial charge in [-0.1, -0.05) is 23.7 Å². The van der Waals surface area contributed by atoms with Crippen LogP contribution in [0, 0.1) is 10.1 Å². The van der Waals surface area contributed by atoms with Crippen LogP contribution in [-0.4, -0.2) is 108 Å². The molecule has 68 heavy (non-hydrogen) atoms. The number of carbonyl (C=O) groups excluding carboxylic acids is 2. The van der Waals surface area contributed by atoms with Crippen molar-refractivity contribution in [3.8, 4) is 23.3 Å². The van der Waals surface area contributed by atoms with Crippen molar-refractivity contribution < 1.29 is 110 Å². The van der Waals surface area contributed by atoms with Crippen LogP contribution in [-0.2, 0) is 35.6 Å². The maximum atomic E-state index is 12.7. The first-order chi connectivity index (χ1) is 31.2. The molecule has 0 aliphatic heterocycles. The molecule has 0 fully saturated rings. The first-order valence-corrected chi connectivity index (χ1v) is 22.5. The number of aromatic nitrogens is 2. The number of carboxylic acid groups (broad SMARTS) is 2. The van der Waals surface area contributed by atoms with E-state index in [1.165, 1.54) is 16.9 Å². The monoisotopic (exact) mass is 1060 g/mol. The molecule has 4 aromatic rings. The van der Waals surface area contributed by atoms with E-state index in [-0.39, 0.29) is 11.5 Å². The van der Waals surface area contributed by atoms with Gasteiger partial charge >= 0.3 is 45.0 Å². The summed E-state index contributed by atoms with van der Waals surface area (Å²) in [6.45, 7) is -7.26. The van der Waals surface area contributed by atoms with Crippen LogP contribution in [0.25, 0.3) is 0 Å². The Morgan fingerprint density at radius 1 is 0.868 bits per heavy atom. The second-order valence-electron chi connectivity index (χ2n) is 12.0. The number of nitro benzene ring substituents is 1. The predicted octanol–water partition coefficient (Wildman–Crippen LogP) is 4.43. The first-order valence-electron chi connectivity index (χ1n) is 16.9. The van der Waals surface area contributed by atoms with Gasteiger partial charge in [0.25, 0.3) is 21.6 Å². The van der Waals surface area contributed by atoms with Gasteiger partial charge in [-0.05, 0) is 36.4 Å². The third kappa shape index (κ3) is 20.3. The van der Waals surface area contributed by atoms with Crippen molar-refractivity contribution in [2.75, 3.05) is 24.4 Å². The number of sulfonamides is 2. The number of nitrogens with zero attached hydrogens (tertiary/aromatic N) is 3. The molecule has 372 valence electrons. The Hall–Kier alpha value is -6.97. The molecule has 3 amide bonds. The number of urea groups is 1. The number of rotatable bonds is 17. The zero-order valence-electron chi connectivity index (χ0n) is 33.1. The number of anilines is 1. The lowest BCUT2D eigenvalue weighted by Crippen LogP contribution is -2.35. The summed E-state index contributed by atoms with van der Waals surface area (Å²) in [7, 11) is -12.8. The molecule has 3 aromatic carbocycles. The maximum Gasteiger partial charge on any atom is 0.416 e. The predicted molar refractivity (Wildman–Crippen MR) is 213 cm³/mol. The third-order valence-electron chi connectivity index (χ3n) is 6.73. The number of amides is 3. The molecule has 0 saturated carbocycles. The Labute approximate surface area is 379 Å². The van der Waals surface area contributed by atoms with Gasteiger partial charge in [-0.3, -0.25) is 34.9 Å². The highest BCUT2D eigenvalue weighted by Crippen LogP contribution is 2.37. The summed E-state index contributed by atoms with van der Waals surface area (Å²) in [5, 5.41) is 31.5. The molecular formula is C32H28ClF7N7O18PS2. The van der Waals surface area contributed by atoms with Crippen LogP contribution in [0.15, 0.2) is 71.6 Å². The van der Waals surface area contributed by atoms with Crippen LogP contribution in [0.1, 0.15) is 26.3 Å². The molecule has 1 heterocycles. The molecule has 0 unspecified atom stereocenters. The van der Waals surface area contributed by atoms with Gasteiger partial charge in [-0.15, -0.1) is 0 Å². The molecule has 4 rings (SSSR count). The second-order valence-corrected chi connectivity index (χ2v) is 17.5. The number of hydrogen-bond acceptors (Lipinski definition) is 17. The fraction of sp³-hybridized carbons (Fsp3) is 0.188. The lowest BCUT2D eigenvalue weighted by molar-refractivity contribution is -0.385. The van der Waals surface area contributed by atoms with E-state index in [1.54, 1.807) is 10.0 Å². The summed E-state index contributed by atoms with van der Waals surface area (Å²) < 4.78 is 160. The number of hydrogen-bond donors (Lipinski definition) is 8. The van der Waals surface area contributed by atoms with E-state index >= 15 is 0 Å². The summed E-state index contributed by atoms with van der Waals surface area (Å²) in [4.78, 5) is 77.2. The lowest BCUT2D eigenvalue weighted by Gasteiger charge is -2.12. The number of alkyl halides is 7. The van der Waals surface area contributed by atoms with E-state index in [1.807, 2.05) is 0 Å². The summed E-state index contributed by atoms with van der Waals surface area (Å²) in [5.41, 5.74) is -2.99. The van der Waals surface area contributed by atoms with Gasteiger partial charge in [0.15, 0.2) is 0 Å². The zero-order chi connectivity index (χ0) is 51.9. The minimum Gasteiger partial charge on any atom is -0.480 e. The number of ether oxygens (including phenoxy) is 3. The van der Waals surface area contributed by atoms with E-state index in [4.69, 9.17) is 36.3 Å². The van der Waals surface area contributed by atoms with Crippen molar-refractivity contribution in [1.29, 1.82) is 0 Å². The van der Waals surface area contributed by atoms with Gasteiger partial charge in [0.1, 0.15) is 22.0 Å². The van der Waals surface area contributed by atoms with Crippen molar-refractivity contribution in [3.63, 3.8) is 0 Å². The largest absolute Gasteiger partial charge is 0.480 e. The van der Waals surface area contributed by atoms with Crippen molar-refractivity contribution in [2.45, 2.75) is 24.3 Å². The number of nitrogens with one attached hydrogen (secondary N) is 4. The molecule has 1 aromatic heterocycles. The summed E-state index contributed by atoms with van der Waals surface area (Å²) in [5.74, 6) is -7.28. The average Bonchev–Trinajstić information content (AvgIpc) is 3.16. The van der Waals surface area contributed by atoms with E-state index in [0.717, 1.165) is 36.4 Å². The van der Waals surface area contributed by atoms with Crippen LogP contribution < -0.4 is 34.3 Å². The molecule has 0 atom stereocenters. The van der Waals surface area contributed by atoms with Gasteiger partial charge in [0.05, 0.1) is 46.2 Å². The summed E-state index contributed by atoms with van der Waals surface area (Å²) in [6, 6.07) is 8.32. The molecule has 0 saturated heterocycles. The Morgan fingerprint density at radius 2 is 1.44 bits per heavy atom. The smallest absolute Gasteiger partial charge is 0.416 e. The molecule has 36 heteroatoms. The normalized spacial score (nSPS) is 11.5. The molecule has 0 spiro atoms. The topological polar surface area (TPSA) is 379 Å². The van der Waals surface area contributed by atoms with Gasteiger partial charge in [0.2, 0.25) is 27.7 Å². The highest BCUT2D eigenvalue weighted by Gasteiger charge is 2.31. The third-order valence-corrected chi connectivity index (χ3v) is 9.60. The molecule has 0 aliphatic carbocycles. The fourth-order valence-corrected chi connectivity index (χ4v) is 6.46. The highest BCUT2D eigenvalue weighted by atomic mass is 35.5. The average molecular weight is 1060 g/mol. The van der Waals surface area contributed by atoms with Crippen LogP contribution in [0.4, 0.5) is 47.2 Å². The van der Waals surface area contributed by atoms with E-state index in [2.05, 4.69) is 24.8 Å². The van der Waals surface area contributed by atoms with Gasteiger partial charge < -0.3 is 34.2 Å². The van der Waals surface area contributed by atoms with Gasteiger partial charge in [0, 0.05) is 12.1 Å². The second kappa shape index (κ2) is 24.2. The lowest BCUT2D eigenvalue weighted by atomic mass is 10.1. The number of carboxylic acids is 2. The molecule has 0 radical (unpaired) electrons. The molecule has 0 aliphatic rings. The quantitative estimate of drug-likeness (QED) is 0.0314. The van der Waals surface area contributed by atoms with E-state index < -0.39 is 139 Å². The van der Waals surface area contributed by atoms with E-state index in [0.29, 0.717) is 24.5 Å². The Bertz CT molecular complexity index is 2760. The maximum absolute atomic E-state index is 12.7. The fourth-order valence-electron chi connectivity index (χ4n) is 4.28. The van der Waals surface area contributed by atoms with Crippen molar-refractivity contribution in [2.24, 2.45) is 0 Å². The van der Waals surface area contributed by atoms with Crippen LogP contribution in [0.3, 0.4) is 0 Å². The molecular weight excluding hydrogens is 1030 g/mol. The summed E-state index contributed by atoms with van der Waals surface area (Å²) >= 11 is 5.76. The van der Waals surface area contributed by atoms with Crippen LogP contribution in [0.2, 0.25) is 5.02 Å². The number of aliphatic carboxylic acids is 1. The molecule has 0 bridgehead atoms. The van der Waals surface area contributed by atoms with Crippen molar-refractivity contribution in [3.05, 3.63) is 98.6 Å². The minimum atomic E-state index is -4.71. The van der Waals surface area contributed by atoms with Crippen LogP contribution in [0.5, 0.6) is 23.3 Å². The molecule has 8 N–H and O–H groups in total. The number of aromatic carboxylic acids is 1. The van der Waals surface area contributed by atoms with Crippen molar-refractivity contribution >= 4 is 74.8 Å². The van der Waals surface area contributed by atoms with Crippen LogP contribution >= 0.6 is 19.2 Å². The van der Waals surface area contributed by atoms with E-state index in [9.17, 15) is 81.4 Å². The van der Waals surface area contributed by atoms with Gasteiger partial charge in [-0.25, -0.2) is 35.9 Å². The number of nitro groups is 1. The Morgan fingerprint density at radius 3 is 1.91 bits per heavy atom. The van der Waals surface area contributed by atoms with Gasteiger partial charge in [-0.2, -0.15) is 40.7 Å². The highest BCUT2D eigenvalue weighted by molar-refractivity contribution is 7.90. The number of halogens is 8. The zero-order valence-corrected chi connectivity index (χ0v) is 36.3. The Balaban J connectivity index is 0.000000390. The van der Waals surface area contributed by atoms with Crippen molar-refractivity contribution in [1.82, 2.24) is 24.7 Å². The summed E-state index contributed by atoms with van der Waals surface area (Å²) in [6.07, 6.45) is -4.54.